The van der Waals surface area contributed by atoms with E-state index in [4.69, 9.17) is 15.7 Å². The molecule has 1 aromatic rings. The Morgan fingerprint density at radius 1 is 1.57 bits per heavy atom. The minimum absolute atomic E-state index is 0.0958. The lowest BCUT2D eigenvalue weighted by Crippen LogP contribution is -2.51. The van der Waals surface area contributed by atoms with Crippen molar-refractivity contribution in [3.05, 3.63) is 35.1 Å². The minimum atomic E-state index is -0.351. The summed E-state index contributed by atoms with van der Waals surface area (Å²) < 4.78 is 20.0. The number of oxime groups is 1. The first-order chi connectivity index (χ1) is 9.80. The highest BCUT2D eigenvalue weighted by Crippen LogP contribution is 2.23. The molecule has 0 aromatic heterocycles. The van der Waals surface area contributed by atoms with E-state index in [2.05, 4.69) is 10.1 Å². The van der Waals surface area contributed by atoms with E-state index in [1.807, 2.05) is 20.8 Å². The second-order valence-corrected chi connectivity index (χ2v) is 6.15. The van der Waals surface area contributed by atoms with Crippen molar-refractivity contribution in [1.29, 1.82) is 0 Å². The molecule has 6 heteroatoms. The van der Waals surface area contributed by atoms with Crippen molar-refractivity contribution in [1.82, 2.24) is 4.90 Å². The summed E-state index contributed by atoms with van der Waals surface area (Å²) in [6.07, 6.45) is 0.119. The van der Waals surface area contributed by atoms with Gasteiger partial charge in [0, 0.05) is 30.8 Å². The smallest absolute Gasteiger partial charge is 0.170 e. The fourth-order valence-corrected chi connectivity index (χ4v) is 2.84. The molecule has 0 bridgehead atoms. The van der Waals surface area contributed by atoms with Gasteiger partial charge in [-0.3, -0.25) is 4.90 Å². The van der Waals surface area contributed by atoms with Crippen molar-refractivity contribution in [2.24, 2.45) is 10.9 Å². The van der Waals surface area contributed by atoms with Crippen molar-refractivity contribution in [3.8, 4) is 0 Å². The lowest BCUT2D eigenvalue weighted by molar-refractivity contribution is -0.130. The molecule has 2 rings (SSSR count). The zero-order valence-electron chi connectivity index (χ0n) is 12.6. The third kappa shape index (κ3) is 3.92. The third-order valence-corrected chi connectivity index (χ3v) is 3.49. The van der Waals surface area contributed by atoms with E-state index in [1.165, 1.54) is 6.07 Å². The molecule has 3 N–H and O–H groups in total. The van der Waals surface area contributed by atoms with Crippen LogP contribution in [0.15, 0.2) is 23.4 Å². The van der Waals surface area contributed by atoms with Gasteiger partial charge < -0.3 is 15.7 Å². The average molecular weight is 295 g/mol. The Morgan fingerprint density at radius 2 is 2.29 bits per heavy atom. The van der Waals surface area contributed by atoms with Crippen molar-refractivity contribution in [2.45, 2.75) is 39.0 Å². The predicted molar refractivity (Wildman–Crippen MR) is 78.8 cm³/mol. The maximum absolute atomic E-state index is 14.1. The molecule has 1 fully saturated rings. The lowest BCUT2D eigenvalue weighted by atomic mass is 10.0. The minimum Gasteiger partial charge on any atom is -0.409 e. The SMILES string of the molecule is CC1CN(Cc2ccc(C(N)=NO)cc2F)CC(C)(C)O1. The molecule has 5 nitrogen and oxygen atoms in total. The molecular weight excluding hydrogens is 273 g/mol. The molecule has 0 radical (unpaired) electrons. The van der Waals surface area contributed by atoms with Crippen LogP contribution in [-0.4, -0.2) is 40.7 Å². The molecule has 1 aliphatic heterocycles. The first-order valence-electron chi connectivity index (χ1n) is 6.97. The van der Waals surface area contributed by atoms with Gasteiger partial charge >= 0.3 is 0 Å². The number of nitrogens with zero attached hydrogens (tertiary/aromatic N) is 2. The zero-order valence-corrected chi connectivity index (χ0v) is 12.6. The molecule has 1 saturated heterocycles. The van der Waals surface area contributed by atoms with Gasteiger partial charge in [-0.15, -0.1) is 0 Å². The summed E-state index contributed by atoms with van der Waals surface area (Å²) in [7, 11) is 0. The number of hydrogen-bond donors (Lipinski definition) is 2. The van der Waals surface area contributed by atoms with Crippen LogP contribution in [0.2, 0.25) is 0 Å². The van der Waals surface area contributed by atoms with E-state index < -0.39 is 0 Å². The fraction of sp³-hybridized carbons (Fsp3) is 0.533. The molecule has 0 spiro atoms. The normalized spacial score (nSPS) is 23.2. The molecule has 116 valence electrons. The van der Waals surface area contributed by atoms with Gasteiger partial charge in [-0.1, -0.05) is 17.3 Å². The van der Waals surface area contributed by atoms with Gasteiger partial charge in [0.2, 0.25) is 0 Å². The lowest BCUT2D eigenvalue weighted by Gasteiger charge is -2.41. The number of benzene rings is 1. The van der Waals surface area contributed by atoms with E-state index in [0.29, 0.717) is 17.7 Å². The van der Waals surface area contributed by atoms with Gasteiger partial charge in [0.15, 0.2) is 5.84 Å². The Hall–Kier alpha value is -1.66. The van der Waals surface area contributed by atoms with Crippen LogP contribution >= 0.6 is 0 Å². The molecular formula is C15H22FN3O2. The first-order valence-corrected chi connectivity index (χ1v) is 6.97. The van der Waals surface area contributed by atoms with E-state index in [9.17, 15) is 4.39 Å². The standard InChI is InChI=1S/C15H22FN3O2/c1-10-7-19(9-15(2,3)21-10)8-12-5-4-11(6-13(12)16)14(17)18-20/h4-6,10,20H,7-9H2,1-3H3,(H2,17,18). The number of rotatable bonds is 3. The summed E-state index contributed by atoms with van der Waals surface area (Å²) in [6, 6.07) is 4.62. The van der Waals surface area contributed by atoms with Crippen LogP contribution in [0, 0.1) is 5.82 Å². The Morgan fingerprint density at radius 3 is 2.86 bits per heavy atom. The number of morpholine rings is 1. The largest absolute Gasteiger partial charge is 0.409 e. The van der Waals surface area contributed by atoms with Crippen molar-refractivity contribution in [3.63, 3.8) is 0 Å². The fourth-order valence-electron chi connectivity index (χ4n) is 2.84. The maximum atomic E-state index is 14.1. The zero-order chi connectivity index (χ0) is 15.6. The Balaban J connectivity index is 2.13. The van der Waals surface area contributed by atoms with Crippen LogP contribution < -0.4 is 5.73 Å². The van der Waals surface area contributed by atoms with E-state index in [-0.39, 0.29) is 23.4 Å². The molecule has 0 amide bonds. The summed E-state index contributed by atoms with van der Waals surface area (Å²) in [6.45, 7) is 8.12. The molecule has 1 unspecified atom stereocenters. The van der Waals surface area contributed by atoms with E-state index >= 15 is 0 Å². The van der Waals surface area contributed by atoms with Crippen LogP contribution in [-0.2, 0) is 11.3 Å². The molecule has 21 heavy (non-hydrogen) atoms. The highest BCUT2D eigenvalue weighted by atomic mass is 19.1. The summed E-state index contributed by atoms with van der Waals surface area (Å²) >= 11 is 0. The predicted octanol–water partition coefficient (Wildman–Crippen LogP) is 1.92. The topological polar surface area (TPSA) is 71.1 Å². The van der Waals surface area contributed by atoms with Crippen LogP contribution in [0.1, 0.15) is 31.9 Å². The summed E-state index contributed by atoms with van der Waals surface area (Å²) in [5.74, 6) is -0.447. The van der Waals surface area contributed by atoms with Crippen LogP contribution in [0.5, 0.6) is 0 Å². The average Bonchev–Trinajstić information content (AvgIpc) is 2.37. The number of halogens is 1. The van der Waals surface area contributed by atoms with Gasteiger partial charge in [-0.2, -0.15) is 0 Å². The molecule has 0 aliphatic carbocycles. The molecule has 1 aliphatic rings. The monoisotopic (exact) mass is 295 g/mol. The van der Waals surface area contributed by atoms with E-state index in [1.54, 1.807) is 12.1 Å². The van der Waals surface area contributed by atoms with Gasteiger partial charge in [0.1, 0.15) is 5.82 Å². The molecule has 1 heterocycles. The number of amidine groups is 1. The Bertz CT molecular complexity index is 546. The Labute approximate surface area is 124 Å². The van der Waals surface area contributed by atoms with E-state index in [0.717, 1.165) is 13.1 Å². The number of hydrogen-bond acceptors (Lipinski definition) is 4. The quantitative estimate of drug-likeness (QED) is 0.387. The van der Waals surface area contributed by atoms with Crippen LogP contribution in [0.25, 0.3) is 0 Å². The first kappa shape index (κ1) is 15.7. The highest BCUT2D eigenvalue weighted by molar-refractivity contribution is 5.97. The van der Waals surface area contributed by atoms with Crippen molar-refractivity contribution in [2.75, 3.05) is 13.1 Å². The Kier molecular flexibility index (Phi) is 4.49. The molecule has 0 saturated carbocycles. The van der Waals surface area contributed by atoms with Gasteiger partial charge in [0.05, 0.1) is 11.7 Å². The van der Waals surface area contributed by atoms with Crippen LogP contribution in [0.3, 0.4) is 0 Å². The van der Waals surface area contributed by atoms with Crippen molar-refractivity contribution >= 4 is 5.84 Å². The number of ether oxygens (including phenoxy) is 1. The van der Waals surface area contributed by atoms with Gasteiger partial charge in [-0.05, 0) is 26.8 Å². The van der Waals surface area contributed by atoms with Gasteiger partial charge in [-0.25, -0.2) is 4.39 Å². The summed E-state index contributed by atoms with van der Waals surface area (Å²) in [5, 5.41) is 11.5. The molecule has 1 aromatic carbocycles. The second kappa shape index (κ2) is 5.99. The van der Waals surface area contributed by atoms with Crippen molar-refractivity contribution < 1.29 is 14.3 Å². The molecule has 1 atom stereocenters. The summed E-state index contributed by atoms with van der Waals surface area (Å²) in [4.78, 5) is 2.18. The highest BCUT2D eigenvalue weighted by Gasteiger charge is 2.31. The summed E-state index contributed by atoms with van der Waals surface area (Å²) in [5.41, 5.74) is 6.19. The van der Waals surface area contributed by atoms with Gasteiger partial charge in [0.25, 0.3) is 0 Å². The second-order valence-electron chi connectivity index (χ2n) is 6.15. The number of nitrogens with two attached hydrogens (primary N) is 1. The third-order valence-electron chi connectivity index (χ3n) is 3.49. The van der Waals surface area contributed by atoms with Crippen LogP contribution in [0.4, 0.5) is 4.39 Å². The maximum Gasteiger partial charge on any atom is 0.170 e.